The first-order valence-corrected chi connectivity index (χ1v) is 5.10. The molecule has 2 rings (SSSR count). The molecule has 4 nitrogen and oxygen atoms in total. The standard InChI is InChI=1S/C12H14N2O2/c1-8-13-10-5-4-9(6-12(10)16-8)11(7-15)14(2)3/h4-7,11H,1-3H3. The molecule has 0 radical (unpaired) electrons. The quantitative estimate of drug-likeness (QED) is 0.738. The molecule has 4 heteroatoms. The molecule has 0 amide bonds. The van der Waals surface area contributed by atoms with Gasteiger partial charge in [-0.25, -0.2) is 4.98 Å². The molecule has 1 aromatic carbocycles. The van der Waals surface area contributed by atoms with Crippen LogP contribution in [0.1, 0.15) is 17.5 Å². The molecule has 0 aliphatic heterocycles. The summed E-state index contributed by atoms with van der Waals surface area (Å²) in [5.41, 5.74) is 2.47. The second-order valence-electron chi connectivity index (χ2n) is 4.00. The number of fused-ring (bicyclic) bond motifs is 1. The van der Waals surface area contributed by atoms with E-state index in [9.17, 15) is 4.79 Å². The highest BCUT2D eigenvalue weighted by Crippen LogP contribution is 2.22. The minimum Gasteiger partial charge on any atom is -0.441 e. The van der Waals surface area contributed by atoms with Crippen molar-refractivity contribution in [1.82, 2.24) is 9.88 Å². The monoisotopic (exact) mass is 218 g/mol. The lowest BCUT2D eigenvalue weighted by Crippen LogP contribution is -2.20. The van der Waals surface area contributed by atoms with E-state index in [0.717, 1.165) is 22.9 Å². The molecule has 0 saturated heterocycles. The van der Waals surface area contributed by atoms with Crippen LogP contribution in [-0.2, 0) is 4.79 Å². The molecule has 84 valence electrons. The summed E-state index contributed by atoms with van der Waals surface area (Å²) in [6.07, 6.45) is 0.921. The first-order chi connectivity index (χ1) is 7.61. The zero-order valence-corrected chi connectivity index (χ0v) is 9.60. The Morgan fingerprint density at radius 3 is 2.81 bits per heavy atom. The fourth-order valence-electron chi connectivity index (χ4n) is 1.74. The molecule has 1 unspecified atom stereocenters. The van der Waals surface area contributed by atoms with Crippen molar-refractivity contribution in [3.63, 3.8) is 0 Å². The summed E-state index contributed by atoms with van der Waals surface area (Å²) in [4.78, 5) is 17.1. The lowest BCUT2D eigenvalue weighted by molar-refractivity contribution is -0.111. The van der Waals surface area contributed by atoms with E-state index in [-0.39, 0.29) is 6.04 Å². The van der Waals surface area contributed by atoms with E-state index in [1.807, 2.05) is 44.1 Å². The third-order valence-corrected chi connectivity index (χ3v) is 2.55. The van der Waals surface area contributed by atoms with Gasteiger partial charge in [-0.2, -0.15) is 0 Å². The molecule has 0 aliphatic carbocycles. The molecule has 2 aromatic rings. The average Bonchev–Trinajstić information content (AvgIpc) is 2.57. The second-order valence-corrected chi connectivity index (χ2v) is 4.00. The number of nitrogens with zero attached hydrogens (tertiary/aromatic N) is 2. The lowest BCUT2D eigenvalue weighted by atomic mass is 10.1. The maximum atomic E-state index is 11.0. The number of oxazole rings is 1. The smallest absolute Gasteiger partial charge is 0.192 e. The Labute approximate surface area is 93.9 Å². The van der Waals surface area contributed by atoms with E-state index >= 15 is 0 Å². The molecular weight excluding hydrogens is 204 g/mol. The summed E-state index contributed by atoms with van der Waals surface area (Å²) >= 11 is 0. The molecule has 0 N–H and O–H groups in total. The molecule has 0 bridgehead atoms. The summed E-state index contributed by atoms with van der Waals surface area (Å²) < 4.78 is 5.44. The maximum Gasteiger partial charge on any atom is 0.192 e. The van der Waals surface area contributed by atoms with Crippen LogP contribution in [0.4, 0.5) is 0 Å². The number of carbonyl (C=O) groups is 1. The van der Waals surface area contributed by atoms with Gasteiger partial charge in [0.15, 0.2) is 11.5 Å². The number of aromatic nitrogens is 1. The number of rotatable bonds is 3. The van der Waals surface area contributed by atoms with Crippen LogP contribution in [0.15, 0.2) is 22.6 Å². The van der Waals surface area contributed by atoms with Crippen LogP contribution in [-0.4, -0.2) is 30.3 Å². The van der Waals surface area contributed by atoms with Crippen molar-refractivity contribution in [3.05, 3.63) is 29.7 Å². The molecule has 0 saturated carbocycles. The van der Waals surface area contributed by atoms with Gasteiger partial charge < -0.3 is 9.21 Å². The predicted molar refractivity (Wildman–Crippen MR) is 61.2 cm³/mol. The maximum absolute atomic E-state index is 11.0. The van der Waals surface area contributed by atoms with Crippen LogP contribution in [0.3, 0.4) is 0 Å². The summed E-state index contributed by atoms with van der Waals surface area (Å²) in [5.74, 6) is 0.639. The number of benzene rings is 1. The van der Waals surface area contributed by atoms with Gasteiger partial charge in [0.25, 0.3) is 0 Å². The van der Waals surface area contributed by atoms with Crippen molar-refractivity contribution in [2.75, 3.05) is 14.1 Å². The molecule has 0 spiro atoms. The Morgan fingerprint density at radius 2 is 2.19 bits per heavy atom. The minimum atomic E-state index is -0.241. The summed E-state index contributed by atoms with van der Waals surface area (Å²) in [7, 11) is 3.74. The third kappa shape index (κ3) is 1.84. The highest BCUT2D eigenvalue weighted by atomic mass is 16.3. The van der Waals surface area contributed by atoms with Gasteiger partial charge in [0.05, 0.1) is 6.04 Å². The number of aldehydes is 1. The minimum absolute atomic E-state index is 0.241. The SMILES string of the molecule is Cc1nc2ccc(C(C=O)N(C)C)cc2o1. The van der Waals surface area contributed by atoms with Gasteiger partial charge in [0.2, 0.25) is 0 Å². The Balaban J connectivity index is 2.48. The topological polar surface area (TPSA) is 46.3 Å². The molecule has 16 heavy (non-hydrogen) atoms. The van der Waals surface area contributed by atoms with Crippen LogP contribution in [0.25, 0.3) is 11.1 Å². The van der Waals surface area contributed by atoms with Gasteiger partial charge in [-0.3, -0.25) is 4.90 Å². The first kappa shape index (κ1) is 10.8. The van der Waals surface area contributed by atoms with Gasteiger partial charge in [0.1, 0.15) is 11.8 Å². The van der Waals surface area contributed by atoms with Crippen LogP contribution < -0.4 is 0 Å². The fraction of sp³-hybridized carbons (Fsp3) is 0.333. The Bertz CT molecular complexity index is 517. The second kappa shape index (κ2) is 4.06. The van der Waals surface area contributed by atoms with Crippen molar-refractivity contribution >= 4 is 17.4 Å². The van der Waals surface area contributed by atoms with Gasteiger partial charge in [0, 0.05) is 6.92 Å². The number of hydrogen-bond acceptors (Lipinski definition) is 4. The van der Waals surface area contributed by atoms with Gasteiger partial charge in [-0.05, 0) is 31.8 Å². The third-order valence-electron chi connectivity index (χ3n) is 2.55. The number of aryl methyl sites for hydroxylation is 1. The number of hydrogen-bond donors (Lipinski definition) is 0. The predicted octanol–water partition coefficient (Wildman–Crippen LogP) is 1.94. The van der Waals surface area contributed by atoms with Gasteiger partial charge in [-0.1, -0.05) is 6.07 Å². The Morgan fingerprint density at radius 1 is 1.44 bits per heavy atom. The highest BCUT2D eigenvalue weighted by molar-refractivity contribution is 5.75. The van der Waals surface area contributed by atoms with Crippen molar-refractivity contribution in [1.29, 1.82) is 0 Å². The largest absolute Gasteiger partial charge is 0.441 e. The summed E-state index contributed by atoms with van der Waals surface area (Å²) in [6, 6.07) is 5.41. The molecule has 0 fully saturated rings. The van der Waals surface area contributed by atoms with E-state index in [2.05, 4.69) is 4.98 Å². The Kier molecular flexibility index (Phi) is 2.75. The van der Waals surface area contributed by atoms with Crippen LogP contribution in [0.5, 0.6) is 0 Å². The van der Waals surface area contributed by atoms with E-state index in [1.54, 1.807) is 0 Å². The van der Waals surface area contributed by atoms with E-state index in [0.29, 0.717) is 5.89 Å². The number of carbonyl (C=O) groups excluding carboxylic acids is 1. The van der Waals surface area contributed by atoms with Crippen LogP contribution in [0, 0.1) is 6.92 Å². The van der Waals surface area contributed by atoms with Crippen molar-refractivity contribution in [2.24, 2.45) is 0 Å². The molecule has 1 aromatic heterocycles. The van der Waals surface area contributed by atoms with Crippen molar-refractivity contribution in [3.8, 4) is 0 Å². The zero-order valence-electron chi connectivity index (χ0n) is 9.60. The summed E-state index contributed by atoms with van der Waals surface area (Å²) in [6.45, 7) is 1.81. The molecule has 1 heterocycles. The zero-order chi connectivity index (χ0) is 11.7. The molecular formula is C12H14N2O2. The number of likely N-dealkylation sites (N-methyl/N-ethyl adjacent to an activating group) is 1. The van der Waals surface area contributed by atoms with E-state index in [4.69, 9.17) is 4.42 Å². The average molecular weight is 218 g/mol. The fourth-order valence-corrected chi connectivity index (χ4v) is 1.74. The normalized spacial score (nSPS) is 13.2. The van der Waals surface area contributed by atoms with Crippen molar-refractivity contribution in [2.45, 2.75) is 13.0 Å². The van der Waals surface area contributed by atoms with Crippen molar-refractivity contribution < 1.29 is 9.21 Å². The Hall–Kier alpha value is -1.68. The van der Waals surface area contributed by atoms with E-state index in [1.165, 1.54) is 0 Å². The highest BCUT2D eigenvalue weighted by Gasteiger charge is 2.14. The first-order valence-electron chi connectivity index (χ1n) is 5.10. The lowest BCUT2D eigenvalue weighted by Gasteiger charge is -2.18. The van der Waals surface area contributed by atoms with Crippen LogP contribution >= 0.6 is 0 Å². The molecule has 1 atom stereocenters. The van der Waals surface area contributed by atoms with Crippen LogP contribution in [0.2, 0.25) is 0 Å². The summed E-state index contributed by atoms with van der Waals surface area (Å²) in [5, 5.41) is 0. The van der Waals surface area contributed by atoms with E-state index < -0.39 is 0 Å². The van der Waals surface area contributed by atoms with Gasteiger partial charge in [-0.15, -0.1) is 0 Å². The van der Waals surface area contributed by atoms with Gasteiger partial charge >= 0.3 is 0 Å². The molecule has 0 aliphatic rings.